The van der Waals surface area contributed by atoms with E-state index < -0.39 is 23.6 Å². The number of benzene rings is 2. The lowest BCUT2D eigenvalue weighted by atomic mass is 9.76. The van der Waals surface area contributed by atoms with Crippen LogP contribution in [0.5, 0.6) is 0 Å². The normalized spacial score (nSPS) is 27.5. The first-order chi connectivity index (χ1) is 12.5. The standard InChI is InChI=1S/C20H14Cl2O4/c21-14-5-1-12(2-6-14)19-16(11-18(24)25-19)20(10-9-17(23)26-20)13-3-7-15(22)8-4-13/h1-10,16,19H,11H2. The molecule has 0 radical (unpaired) electrons. The lowest BCUT2D eigenvalue weighted by Crippen LogP contribution is -2.36. The zero-order valence-corrected chi connectivity index (χ0v) is 15.0. The van der Waals surface area contributed by atoms with Crippen LogP contribution in [-0.2, 0) is 24.7 Å². The predicted molar refractivity (Wildman–Crippen MR) is 96.8 cm³/mol. The molecule has 4 nitrogen and oxygen atoms in total. The van der Waals surface area contributed by atoms with E-state index in [-0.39, 0.29) is 12.4 Å². The van der Waals surface area contributed by atoms with Crippen molar-refractivity contribution in [1.29, 1.82) is 0 Å². The number of ether oxygens (including phenoxy) is 2. The summed E-state index contributed by atoms with van der Waals surface area (Å²) in [5.74, 6) is -1.19. The highest BCUT2D eigenvalue weighted by Crippen LogP contribution is 2.51. The Morgan fingerprint density at radius 3 is 2.12 bits per heavy atom. The molecule has 26 heavy (non-hydrogen) atoms. The van der Waals surface area contributed by atoms with Crippen LogP contribution in [0.25, 0.3) is 0 Å². The Balaban J connectivity index is 1.80. The van der Waals surface area contributed by atoms with Gasteiger partial charge in [-0.2, -0.15) is 0 Å². The average molecular weight is 389 g/mol. The number of esters is 2. The van der Waals surface area contributed by atoms with E-state index in [1.807, 2.05) is 12.1 Å². The SMILES string of the molecule is O=C1C=CC(c2ccc(Cl)cc2)(C2CC(=O)OC2c2ccc(Cl)cc2)O1. The quantitative estimate of drug-likeness (QED) is 0.720. The van der Waals surface area contributed by atoms with Crippen molar-refractivity contribution < 1.29 is 19.1 Å². The fraction of sp³-hybridized carbons (Fsp3) is 0.200. The van der Waals surface area contributed by atoms with Crippen molar-refractivity contribution in [2.75, 3.05) is 0 Å². The molecule has 2 aliphatic heterocycles. The van der Waals surface area contributed by atoms with Gasteiger partial charge in [0.1, 0.15) is 6.10 Å². The van der Waals surface area contributed by atoms with Gasteiger partial charge in [-0.3, -0.25) is 4.79 Å². The number of hydrogen-bond acceptors (Lipinski definition) is 4. The smallest absolute Gasteiger partial charge is 0.331 e. The van der Waals surface area contributed by atoms with E-state index in [2.05, 4.69) is 0 Å². The maximum atomic E-state index is 12.1. The van der Waals surface area contributed by atoms with Gasteiger partial charge >= 0.3 is 11.9 Å². The van der Waals surface area contributed by atoms with Crippen molar-refractivity contribution in [1.82, 2.24) is 0 Å². The fourth-order valence-corrected chi connectivity index (χ4v) is 3.84. The van der Waals surface area contributed by atoms with Crippen molar-refractivity contribution in [3.05, 3.63) is 81.9 Å². The van der Waals surface area contributed by atoms with Gasteiger partial charge in [0.25, 0.3) is 0 Å². The molecule has 2 heterocycles. The van der Waals surface area contributed by atoms with Gasteiger partial charge in [-0.05, 0) is 35.9 Å². The predicted octanol–water partition coefficient (Wildman–Crippen LogP) is 4.61. The maximum absolute atomic E-state index is 12.1. The van der Waals surface area contributed by atoms with E-state index in [0.29, 0.717) is 10.0 Å². The summed E-state index contributed by atoms with van der Waals surface area (Å²) in [6.45, 7) is 0. The summed E-state index contributed by atoms with van der Waals surface area (Å²) < 4.78 is 11.3. The summed E-state index contributed by atoms with van der Waals surface area (Å²) in [6.07, 6.45) is 2.67. The van der Waals surface area contributed by atoms with Crippen molar-refractivity contribution in [2.24, 2.45) is 5.92 Å². The Hall–Kier alpha value is -2.30. The summed E-state index contributed by atoms with van der Waals surface area (Å²) in [5.41, 5.74) is 0.458. The van der Waals surface area contributed by atoms with Gasteiger partial charge in [0.05, 0.1) is 12.3 Å². The Bertz CT molecular complexity index is 889. The monoisotopic (exact) mass is 388 g/mol. The lowest BCUT2D eigenvalue weighted by molar-refractivity contribution is -0.153. The van der Waals surface area contributed by atoms with Gasteiger partial charge in [0.2, 0.25) is 0 Å². The molecule has 0 N–H and O–H groups in total. The minimum absolute atomic E-state index is 0.132. The molecule has 0 saturated carbocycles. The molecule has 0 amide bonds. The first kappa shape index (κ1) is 17.1. The molecule has 3 atom stereocenters. The lowest BCUT2D eigenvalue weighted by Gasteiger charge is -2.35. The fourth-order valence-electron chi connectivity index (χ4n) is 3.59. The molecule has 6 heteroatoms. The Labute approximate surface area is 160 Å². The molecular weight excluding hydrogens is 375 g/mol. The molecule has 2 aliphatic rings. The van der Waals surface area contributed by atoms with Crippen LogP contribution in [0.1, 0.15) is 23.7 Å². The zero-order valence-electron chi connectivity index (χ0n) is 13.5. The Kier molecular flexibility index (Phi) is 4.25. The van der Waals surface area contributed by atoms with E-state index in [4.69, 9.17) is 32.7 Å². The summed E-state index contributed by atoms with van der Waals surface area (Å²) in [4.78, 5) is 24.1. The van der Waals surface area contributed by atoms with E-state index in [1.54, 1.807) is 42.5 Å². The van der Waals surface area contributed by atoms with Crippen molar-refractivity contribution in [3.8, 4) is 0 Å². The van der Waals surface area contributed by atoms with Gasteiger partial charge in [-0.1, -0.05) is 47.5 Å². The molecular formula is C20H14Cl2O4. The topological polar surface area (TPSA) is 52.6 Å². The minimum Gasteiger partial charge on any atom is -0.457 e. The van der Waals surface area contributed by atoms with Crippen molar-refractivity contribution in [3.63, 3.8) is 0 Å². The molecule has 1 fully saturated rings. The van der Waals surface area contributed by atoms with Crippen LogP contribution < -0.4 is 0 Å². The highest BCUT2D eigenvalue weighted by atomic mass is 35.5. The Morgan fingerprint density at radius 1 is 0.923 bits per heavy atom. The molecule has 3 unspecified atom stereocenters. The van der Waals surface area contributed by atoms with Crippen LogP contribution in [0, 0.1) is 5.92 Å². The maximum Gasteiger partial charge on any atom is 0.331 e. The molecule has 2 aromatic carbocycles. The summed E-state index contributed by atoms with van der Waals surface area (Å²) in [6, 6.07) is 14.2. The van der Waals surface area contributed by atoms with Gasteiger partial charge < -0.3 is 9.47 Å². The van der Waals surface area contributed by atoms with Crippen LogP contribution in [-0.4, -0.2) is 11.9 Å². The molecule has 0 aliphatic carbocycles. The number of cyclic esters (lactones) is 2. The van der Waals surface area contributed by atoms with Gasteiger partial charge in [-0.15, -0.1) is 0 Å². The van der Waals surface area contributed by atoms with Crippen LogP contribution in [0.4, 0.5) is 0 Å². The molecule has 132 valence electrons. The van der Waals surface area contributed by atoms with E-state index in [0.717, 1.165) is 11.1 Å². The second-order valence-electron chi connectivity index (χ2n) is 6.33. The second kappa shape index (κ2) is 6.45. The summed E-state index contributed by atoms with van der Waals surface area (Å²) in [7, 11) is 0. The third kappa shape index (κ3) is 2.89. The van der Waals surface area contributed by atoms with Crippen LogP contribution in [0.15, 0.2) is 60.7 Å². The largest absolute Gasteiger partial charge is 0.457 e. The highest BCUT2D eigenvalue weighted by Gasteiger charge is 2.54. The molecule has 0 aromatic heterocycles. The number of hydrogen-bond donors (Lipinski definition) is 0. The average Bonchev–Trinajstić information content (AvgIpc) is 3.20. The third-order valence-electron chi connectivity index (χ3n) is 4.79. The van der Waals surface area contributed by atoms with Crippen LogP contribution in [0.2, 0.25) is 10.0 Å². The molecule has 1 saturated heterocycles. The van der Waals surface area contributed by atoms with Crippen LogP contribution in [0.3, 0.4) is 0 Å². The molecule has 2 aromatic rings. The first-order valence-electron chi connectivity index (χ1n) is 8.11. The number of carbonyl (C=O) groups excluding carboxylic acids is 2. The van der Waals surface area contributed by atoms with Crippen LogP contribution >= 0.6 is 23.2 Å². The molecule has 0 bridgehead atoms. The Morgan fingerprint density at radius 2 is 1.54 bits per heavy atom. The van der Waals surface area contributed by atoms with E-state index >= 15 is 0 Å². The summed E-state index contributed by atoms with van der Waals surface area (Å²) in [5, 5.41) is 1.17. The van der Waals surface area contributed by atoms with Gasteiger partial charge in [-0.25, -0.2) is 4.79 Å². The molecule has 0 spiro atoms. The second-order valence-corrected chi connectivity index (χ2v) is 7.20. The highest BCUT2D eigenvalue weighted by molar-refractivity contribution is 6.30. The zero-order chi connectivity index (χ0) is 18.3. The van der Waals surface area contributed by atoms with Gasteiger partial charge in [0.15, 0.2) is 5.60 Å². The van der Waals surface area contributed by atoms with Gasteiger partial charge in [0, 0.05) is 21.7 Å². The van der Waals surface area contributed by atoms with Crippen molar-refractivity contribution >= 4 is 35.1 Å². The number of carbonyl (C=O) groups is 2. The number of rotatable bonds is 3. The summed E-state index contributed by atoms with van der Waals surface area (Å²) >= 11 is 12.0. The third-order valence-corrected chi connectivity index (χ3v) is 5.30. The van der Waals surface area contributed by atoms with Crippen molar-refractivity contribution in [2.45, 2.75) is 18.1 Å². The van der Waals surface area contributed by atoms with E-state index in [9.17, 15) is 9.59 Å². The first-order valence-corrected chi connectivity index (χ1v) is 8.87. The van der Waals surface area contributed by atoms with E-state index in [1.165, 1.54) is 6.08 Å². The molecule has 4 rings (SSSR count). The number of halogens is 2. The minimum atomic E-state index is -1.09.